The summed E-state index contributed by atoms with van der Waals surface area (Å²) in [6.07, 6.45) is 3.19. The van der Waals surface area contributed by atoms with Crippen LogP contribution in [0.4, 0.5) is 0 Å². The first-order valence-electron chi connectivity index (χ1n) is 6.62. The smallest absolute Gasteiger partial charge is 0.303 e. The Morgan fingerprint density at radius 3 is 2.56 bits per heavy atom. The molecule has 0 spiro atoms. The fraction of sp³-hybridized carbons (Fsp3) is 0.533. The average molecular weight is 249 g/mol. The fourth-order valence-corrected chi connectivity index (χ4v) is 2.23. The summed E-state index contributed by atoms with van der Waals surface area (Å²) < 4.78 is 0. The van der Waals surface area contributed by atoms with Gasteiger partial charge in [0, 0.05) is 12.5 Å². The van der Waals surface area contributed by atoms with Crippen molar-refractivity contribution in [3.63, 3.8) is 0 Å². The molecule has 0 aromatic heterocycles. The van der Waals surface area contributed by atoms with Crippen LogP contribution in [0.3, 0.4) is 0 Å². The van der Waals surface area contributed by atoms with E-state index in [9.17, 15) is 4.79 Å². The highest BCUT2D eigenvalue weighted by Gasteiger charge is 2.15. The van der Waals surface area contributed by atoms with Gasteiger partial charge in [0.25, 0.3) is 0 Å². The van der Waals surface area contributed by atoms with Crippen LogP contribution in [0.15, 0.2) is 30.3 Å². The van der Waals surface area contributed by atoms with Crippen LogP contribution in [0.25, 0.3) is 0 Å². The van der Waals surface area contributed by atoms with Crippen LogP contribution in [0.1, 0.15) is 44.2 Å². The van der Waals surface area contributed by atoms with Crippen LogP contribution in [-0.4, -0.2) is 29.6 Å². The molecule has 0 bridgehead atoms. The Morgan fingerprint density at radius 2 is 2.00 bits per heavy atom. The third-order valence-electron chi connectivity index (χ3n) is 3.18. The molecule has 18 heavy (non-hydrogen) atoms. The molecular weight excluding hydrogens is 226 g/mol. The number of carboxylic acid groups (broad SMARTS) is 1. The van der Waals surface area contributed by atoms with E-state index in [0.29, 0.717) is 12.5 Å². The van der Waals surface area contributed by atoms with E-state index in [1.807, 2.05) is 6.07 Å². The zero-order valence-corrected chi connectivity index (χ0v) is 11.3. The van der Waals surface area contributed by atoms with Crippen LogP contribution >= 0.6 is 0 Å². The number of aliphatic carboxylic acids is 1. The van der Waals surface area contributed by atoms with Gasteiger partial charge in [0.05, 0.1) is 0 Å². The summed E-state index contributed by atoms with van der Waals surface area (Å²) >= 11 is 0. The molecule has 1 aromatic rings. The topological polar surface area (TPSA) is 40.5 Å². The predicted molar refractivity (Wildman–Crippen MR) is 73.6 cm³/mol. The zero-order valence-electron chi connectivity index (χ0n) is 11.3. The van der Waals surface area contributed by atoms with Gasteiger partial charge in [-0.05, 0) is 32.0 Å². The Kier molecular flexibility index (Phi) is 6.44. The van der Waals surface area contributed by atoms with Gasteiger partial charge in [-0.25, -0.2) is 0 Å². The summed E-state index contributed by atoms with van der Waals surface area (Å²) in [5.41, 5.74) is 1.32. The van der Waals surface area contributed by atoms with Crippen molar-refractivity contribution in [1.29, 1.82) is 0 Å². The highest BCUT2D eigenvalue weighted by atomic mass is 16.4. The lowest BCUT2D eigenvalue weighted by molar-refractivity contribution is -0.137. The molecule has 0 aliphatic rings. The molecule has 100 valence electrons. The van der Waals surface area contributed by atoms with Crippen molar-refractivity contribution in [3.8, 4) is 0 Å². The van der Waals surface area contributed by atoms with E-state index in [1.54, 1.807) is 0 Å². The number of carboxylic acids is 1. The summed E-state index contributed by atoms with van der Waals surface area (Å²) in [5, 5.41) is 8.67. The maximum atomic E-state index is 10.5. The van der Waals surface area contributed by atoms with Gasteiger partial charge in [0.15, 0.2) is 0 Å². The van der Waals surface area contributed by atoms with Crippen molar-refractivity contribution in [1.82, 2.24) is 4.90 Å². The number of benzene rings is 1. The van der Waals surface area contributed by atoms with Crippen LogP contribution in [-0.2, 0) is 4.79 Å². The minimum atomic E-state index is -0.713. The summed E-state index contributed by atoms with van der Waals surface area (Å²) in [7, 11) is 2.08. The van der Waals surface area contributed by atoms with Crippen molar-refractivity contribution >= 4 is 5.97 Å². The molecule has 1 unspecified atom stereocenters. The molecule has 0 heterocycles. The molecule has 1 rings (SSSR count). The molecule has 0 saturated carbocycles. The van der Waals surface area contributed by atoms with Crippen LogP contribution < -0.4 is 0 Å². The summed E-state index contributed by atoms with van der Waals surface area (Å²) in [4.78, 5) is 12.8. The minimum absolute atomic E-state index is 0.248. The lowest BCUT2D eigenvalue weighted by Gasteiger charge is -2.28. The van der Waals surface area contributed by atoms with Crippen LogP contribution in [0.2, 0.25) is 0 Å². The summed E-state index contributed by atoms with van der Waals surface area (Å²) in [5.74, 6) is -0.713. The minimum Gasteiger partial charge on any atom is -0.481 e. The Balaban J connectivity index is 2.58. The average Bonchev–Trinajstić information content (AvgIpc) is 2.36. The predicted octanol–water partition coefficient (Wildman–Crippen LogP) is 3.32. The summed E-state index contributed by atoms with van der Waals surface area (Å²) in [6.45, 7) is 3.01. The SMILES string of the molecule is CCCC(c1ccccc1)N(C)CCCC(=O)O. The van der Waals surface area contributed by atoms with Crippen molar-refractivity contribution in [2.24, 2.45) is 0 Å². The maximum Gasteiger partial charge on any atom is 0.303 e. The van der Waals surface area contributed by atoms with E-state index in [-0.39, 0.29) is 6.42 Å². The van der Waals surface area contributed by atoms with E-state index in [4.69, 9.17) is 5.11 Å². The van der Waals surface area contributed by atoms with Gasteiger partial charge in [0.2, 0.25) is 0 Å². The Hall–Kier alpha value is -1.35. The Labute approximate surface area is 109 Å². The molecular formula is C15H23NO2. The van der Waals surface area contributed by atoms with Gasteiger partial charge in [-0.3, -0.25) is 9.69 Å². The van der Waals surface area contributed by atoms with Crippen molar-refractivity contribution in [2.75, 3.05) is 13.6 Å². The van der Waals surface area contributed by atoms with E-state index >= 15 is 0 Å². The summed E-state index contributed by atoms with van der Waals surface area (Å²) in [6, 6.07) is 10.8. The van der Waals surface area contributed by atoms with Crippen molar-refractivity contribution in [2.45, 2.75) is 38.6 Å². The van der Waals surface area contributed by atoms with E-state index in [0.717, 1.165) is 19.4 Å². The fourth-order valence-electron chi connectivity index (χ4n) is 2.23. The highest BCUT2D eigenvalue weighted by Crippen LogP contribution is 2.24. The first kappa shape index (κ1) is 14.7. The van der Waals surface area contributed by atoms with Crippen molar-refractivity contribution < 1.29 is 9.90 Å². The zero-order chi connectivity index (χ0) is 13.4. The molecule has 0 saturated heterocycles. The van der Waals surface area contributed by atoms with Gasteiger partial charge < -0.3 is 5.11 Å². The number of hydrogen-bond acceptors (Lipinski definition) is 2. The molecule has 0 fully saturated rings. The van der Waals surface area contributed by atoms with Crippen LogP contribution in [0.5, 0.6) is 0 Å². The third kappa shape index (κ3) is 4.88. The highest BCUT2D eigenvalue weighted by molar-refractivity contribution is 5.66. The molecule has 0 radical (unpaired) electrons. The normalized spacial score (nSPS) is 12.6. The first-order valence-corrected chi connectivity index (χ1v) is 6.62. The van der Waals surface area contributed by atoms with Gasteiger partial charge in [-0.15, -0.1) is 0 Å². The molecule has 0 aliphatic carbocycles. The second-order valence-electron chi connectivity index (χ2n) is 4.69. The molecule has 3 heteroatoms. The molecule has 1 aromatic carbocycles. The lowest BCUT2D eigenvalue weighted by Crippen LogP contribution is -2.26. The van der Waals surface area contributed by atoms with Gasteiger partial charge in [-0.2, -0.15) is 0 Å². The molecule has 0 aliphatic heterocycles. The van der Waals surface area contributed by atoms with Crippen molar-refractivity contribution in [3.05, 3.63) is 35.9 Å². The second-order valence-corrected chi connectivity index (χ2v) is 4.69. The van der Waals surface area contributed by atoms with E-state index in [1.165, 1.54) is 5.56 Å². The number of nitrogens with zero attached hydrogens (tertiary/aromatic N) is 1. The molecule has 1 N–H and O–H groups in total. The molecule has 1 atom stereocenters. The Morgan fingerprint density at radius 1 is 1.33 bits per heavy atom. The van der Waals surface area contributed by atoms with E-state index in [2.05, 4.69) is 43.1 Å². The number of carbonyl (C=O) groups is 1. The monoisotopic (exact) mass is 249 g/mol. The molecule has 0 amide bonds. The quantitative estimate of drug-likeness (QED) is 0.768. The van der Waals surface area contributed by atoms with E-state index < -0.39 is 5.97 Å². The van der Waals surface area contributed by atoms with Gasteiger partial charge >= 0.3 is 5.97 Å². The second kappa shape index (κ2) is 7.88. The number of hydrogen-bond donors (Lipinski definition) is 1. The third-order valence-corrected chi connectivity index (χ3v) is 3.18. The van der Waals surface area contributed by atoms with Gasteiger partial charge in [0.1, 0.15) is 0 Å². The largest absolute Gasteiger partial charge is 0.481 e. The standard InChI is InChI=1S/C15H23NO2/c1-3-8-14(13-9-5-4-6-10-13)16(2)12-7-11-15(17)18/h4-6,9-10,14H,3,7-8,11-12H2,1-2H3,(H,17,18). The Bertz CT molecular complexity index is 351. The number of rotatable bonds is 8. The lowest BCUT2D eigenvalue weighted by atomic mass is 10.0. The maximum absolute atomic E-state index is 10.5. The van der Waals surface area contributed by atoms with Gasteiger partial charge in [-0.1, -0.05) is 43.7 Å². The van der Waals surface area contributed by atoms with Crippen LogP contribution in [0, 0.1) is 0 Å². The molecule has 3 nitrogen and oxygen atoms in total. The first-order chi connectivity index (χ1) is 8.65.